The summed E-state index contributed by atoms with van der Waals surface area (Å²) in [7, 11) is 4.12. The first-order chi connectivity index (χ1) is 9.06. The highest BCUT2D eigenvalue weighted by Crippen LogP contribution is 2.23. The van der Waals surface area contributed by atoms with Crippen LogP contribution in [0.2, 0.25) is 5.02 Å². The number of aryl methyl sites for hydroxylation is 1. The molecule has 19 heavy (non-hydrogen) atoms. The van der Waals surface area contributed by atoms with Crippen molar-refractivity contribution >= 4 is 23.0 Å². The minimum Gasteiger partial charge on any atom is -0.381 e. The van der Waals surface area contributed by atoms with Crippen molar-refractivity contribution in [3.63, 3.8) is 0 Å². The number of halogens is 1. The van der Waals surface area contributed by atoms with Crippen LogP contribution in [-0.4, -0.2) is 14.1 Å². The lowest BCUT2D eigenvalue weighted by atomic mass is 10.1. The quantitative estimate of drug-likeness (QED) is 0.893. The Balaban J connectivity index is 2.09. The lowest BCUT2D eigenvalue weighted by Gasteiger charge is -2.17. The Bertz CT molecular complexity index is 564. The molecular weight excluding hydrogens is 256 g/mol. The maximum absolute atomic E-state index is 5.98. The highest BCUT2D eigenvalue weighted by Gasteiger charge is 2.02. The van der Waals surface area contributed by atoms with E-state index in [1.165, 1.54) is 16.8 Å². The van der Waals surface area contributed by atoms with E-state index < -0.39 is 0 Å². The van der Waals surface area contributed by atoms with Gasteiger partial charge < -0.3 is 10.2 Å². The minimum atomic E-state index is 0.774. The van der Waals surface area contributed by atoms with Gasteiger partial charge in [-0.3, -0.25) is 0 Å². The number of hydrogen-bond donors (Lipinski definition) is 1. The van der Waals surface area contributed by atoms with Crippen LogP contribution in [0.25, 0.3) is 0 Å². The van der Waals surface area contributed by atoms with Crippen molar-refractivity contribution in [2.45, 2.75) is 13.5 Å². The SMILES string of the molecule is Cc1ccc(NCc2cccc(Cl)c2)cc1N(C)C. The molecule has 0 spiro atoms. The van der Waals surface area contributed by atoms with E-state index in [4.69, 9.17) is 11.6 Å². The summed E-state index contributed by atoms with van der Waals surface area (Å²) >= 11 is 5.98. The fourth-order valence-corrected chi connectivity index (χ4v) is 2.27. The Morgan fingerprint density at radius 1 is 1.11 bits per heavy atom. The van der Waals surface area contributed by atoms with E-state index >= 15 is 0 Å². The lowest BCUT2D eigenvalue weighted by Crippen LogP contribution is -2.10. The van der Waals surface area contributed by atoms with Gasteiger partial charge in [-0.25, -0.2) is 0 Å². The normalized spacial score (nSPS) is 10.3. The molecule has 0 aliphatic carbocycles. The first-order valence-corrected chi connectivity index (χ1v) is 6.70. The van der Waals surface area contributed by atoms with E-state index in [-0.39, 0.29) is 0 Å². The third kappa shape index (κ3) is 3.65. The fraction of sp³-hybridized carbons (Fsp3) is 0.250. The van der Waals surface area contributed by atoms with Crippen LogP contribution in [0.15, 0.2) is 42.5 Å². The Morgan fingerprint density at radius 2 is 1.89 bits per heavy atom. The predicted molar refractivity (Wildman–Crippen MR) is 84.3 cm³/mol. The van der Waals surface area contributed by atoms with Crippen LogP contribution in [0.3, 0.4) is 0 Å². The molecule has 2 nitrogen and oxygen atoms in total. The third-order valence-electron chi connectivity index (χ3n) is 3.08. The molecule has 2 aromatic rings. The molecule has 2 rings (SSSR count). The number of hydrogen-bond acceptors (Lipinski definition) is 2. The Labute approximate surface area is 120 Å². The summed E-state index contributed by atoms with van der Waals surface area (Å²) in [6.07, 6.45) is 0. The maximum atomic E-state index is 5.98. The van der Waals surface area contributed by atoms with Gasteiger partial charge in [0.25, 0.3) is 0 Å². The summed E-state index contributed by atoms with van der Waals surface area (Å²) < 4.78 is 0. The van der Waals surface area contributed by atoms with Crippen molar-refractivity contribution in [3.05, 3.63) is 58.6 Å². The molecule has 0 aromatic heterocycles. The molecule has 0 saturated carbocycles. The van der Waals surface area contributed by atoms with Crippen LogP contribution in [0.1, 0.15) is 11.1 Å². The van der Waals surface area contributed by atoms with Gasteiger partial charge >= 0.3 is 0 Å². The lowest BCUT2D eigenvalue weighted by molar-refractivity contribution is 1.10. The second-order valence-electron chi connectivity index (χ2n) is 4.88. The van der Waals surface area contributed by atoms with Gasteiger partial charge in [0.05, 0.1) is 0 Å². The third-order valence-corrected chi connectivity index (χ3v) is 3.31. The molecule has 0 saturated heterocycles. The fourth-order valence-electron chi connectivity index (χ4n) is 2.05. The summed E-state index contributed by atoms with van der Waals surface area (Å²) in [5.41, 5.74) is 4.81. The van der Waals surface area contributed by atoms with Gasteiger partial charge in [-0.15, -0.1) is 0 Å². The molecule has 0 amide bonds. The molecule has 0 atom stereocenters. The van der Waals surface area contributed by atoms with E-state index in [0.717, 1.165) is 17.3 Å². The van der Waals surface area contributed by atoms with Gasteiger partial charge in [0.1, 0.15) is 0 Å². The smallest absolute Gasteiger partial charge is 0.0411 e. The van der Waals surface area contributed by atoms with Crippen LogP contribution >= 0.6 is 11.6 Å². The van der Waals surface area contributed by atoms with Crippen LogP contribution in [-0.2, 0) is 6.54 Å². The van der Waals surface area contributed by atoms with E-state index in [2.05, 4.69) is 55.5 Å². The van der Waals surface area contributed by atoms with Gasteiger partial charge in [0.2, 0.25) is 0 Å². The monoisotopic (exact) mass is 274 g/mol. The minimum absolute atomic E-state index is 0.774. The van der Waals surface area contributed by atoms with E-state index in [1.54, 1.807) is 0 Å². The molecular formula is C16H19ClN2. The van der Waals surface area contributed by atoms with Gasteiger partial charge in [-0.1, -0.05) is 29.8 Å². The highest BCUT2D eigenvalue weighted by atomic mass is 35.5. The zero-order valence-corrected chi connectivity index (χ0v) is 12.3. The summed E-state index contributed by atoms with van der Waals surface area (Å²) in [6.45, 7) is 2.90. The Hall–Kier alpha value is -1.67. The molecule has 0 aliphatic rings. The van der Waals surface area contributed by atoms with Crippen molar-refractivity contribution in [1.29, 1.82) is 0 Å². The van der Waals surface area contributed by atoms with Crippen molar-refractivity contribution < 1.29 is 0 Å². The number of anilines is 2. The molecule has 0 heterocycles. The molecule has 2 aromatic carbocycles. The molecule has 0 radical (unpaired) electrons. The van der Waals surface area contributed by atoms with Crippen molar-refractivity contribution in [2.75, 3.05) is 24.3 Å². The standard InChI is InChI=1S/C16H19ClN2/c1-12-7-8-15(10-16(12)19(2)3)18-11-13-5-4-6-14(17)9-13/h4-10,18H,11H2,1-3H3. The molecule has 0 bridgehead atoms. The van der Waals surface area contributed by atoms with Crippen molar-refractivity contribution in [2.24, 2.45) is 0 Å². The average molecular weight is 275 g/mol. The first kappa shape index (κ1) is 13.8. The molecule has 3 heteroatoms. The van der Waals surface area contributed by atoms with Gasteiger partial charge in [-0.2, -0.15) is 0 Å². The number of nitrogens with one attached hydrogen (secondary N) is 1. The van der Waals surface area contributed by atoms with Gasteiger partial charge in [0, 0.05) is 37.0 Å². The largest absolute Gasteiger partial charge is 0.381 e. The number of benzene rings is 2. The van der Waals surface area contributed by atoms with Gasteiger partial charge in [-0.05, 0) is 42.3 Å². The molecule has 0 fully saturated rings. The van der Waals surface area contributed by atoms with Crippen LogP contribution in [0.4, 0.5) is 11.4 Å². The molecule has 1 N–H and O–H groups in total. The van der Waals surface area contributed by atoms with Crippen molar-refractivity contribution in [3.8, 4) is 0 Å². The Morgan fingerprint density at radius 3 is 2.58 bits per heavy atom. The summed E-state index contributed by atoms with van der Waals surface area (Å²) in [4.78, 5) is 2.12. The van der Waals surface area contributed by atoms with Crippen molar-refractivity contribution in [1.82, 2.24) is 0 Å². The average Bonchev–Trinajstić information content (AvgIpc) is 2.37. The second kappa shape index (κ2) is 5.98. The zero-order valence-electron chi connectivity index (χ0n) is 11.6. The molecule has 0 aliphatic heterocycles. The summed E-state index contributed by atoms with van der Waals surface area (Å²) in [5.74, 6) is 0. The van der Waals surface area contributed by atoms with E-state index in [0.29, 0.717) is 0 Å². The van der Waals surface area contributed by atoms with Crippen LogP contribution < -0.4 is 10.2 Å². The van der Waals surface area contributed by atoms with Crippen LogP contribution in [0, 0.1) is 6.92 Å². The topological polar surface area (TPSA) is 15.3 Å². The van der Waals surface area contributed by atoms with Gasteiger partial charge in [0.15, 0.2) is 0 Å². The zero-order chi connectivity index (χ0) is 13.8. The number of nitrogens with zero attached hydrogens (tertiary/aromatic N) is 1. The van der Waals surface area contributed by atoms with E-state index in [1.807, 2.05) is 18.2 Å². The predicted octanol–water partition coefficient (Wildman–Crippen LogP) is 4.33. The van der Waals surface area contributed by atoms with Crippen LogP contribution in [0.5, 0.6) is 0 Å². The first-order valence-electron chi connectivity index (χ1n) is 6.32. The molecule has 0 unspecified atom stereocenters. The Kier molecular flexibility index (Phi) is 4.33. The summed E-state index contributed by atoms with van der Waals surface area (Å²) in [6, 6.07) is 14.3. The second-order valence-corrected chi connectivity index (χ2v) is 5.32. The molecule has 100 valence electrons. The van der Waals surface area contributed by atoms with E-state index in [9.17, 15) is 0 Å². The summed E-state index contributed by atoms with van der Waals surface area (Å²) in [5, 5.41) is 4.20. The highest BCUT2D eigenvalue weighted by molar-refractivity contribution is 6.30. The number of rotatable bonds is 4. The maximum Gasteiger partial charge on any atom is 0.0411 e.